The molecule has 1 amide bonds. The van der Waals surface area contributed by atoms with Crippen molar-refractivity contribution in [2.24, 2.45) is 0 Å². The van der Waals surface area contributed by atoms with Gasteiger partial charge >= 0.3 is 0 Å². The van der Waals surface area contributed by atoms with E-state index >= 15 is 0 Å². The van der Waals surface area contributed by atoms with Gasteiger partial charge in [-0.2, -0.15) is 0 Å². The second kappa shape index (κ2) is 6.80. The average Bonchev–Trinajstić information content (AvgIpc) is 3.06. The number of carbonyl (C=O) groups excluding carboxylic acids is 1. The summed E-state index contributed by atoms with van der Waals surface area (Å²) in [6.07, 6.45) is 3.55. The molecule has 0 spiro atoms. The van der Waals surface area contributed by atoms with Crippen LogP contribution in [0.2, 0.25) is 5.02 Å². The van der Waals surface area contributed by atoms with Crippen LogP contribution in [0, 0.1) is 0 Å². The lowest BCUT2D eigenvalue weighted by Crippen LogP contribution is -2.57. The van der Waals surface area contributed by atoms with Crippen LogP contribution in [0.3, 0.4) is 0 Å². The van der Waals surface area contributed by atoms with Gasteiger partial charge < -0.3 is 14.7 Å². The lowest BCUT2D eigenvalue weighted by molar-refractivity contribution is -0.152. The number of aliphatic hydroxyl groups excluding tert-OH is 1. The van der Waals surface area contributed by atoms with E-state index < -0.39 is 5.41 Å². The quantitative estimate of drug-likeness (QED) is 0.922. The van der Waals surface area contributed by atoms with Crippen LogP contribution in [0.4, 0.5) is 0 Å². The van der Waals surface area contributed by atoms with Crippen molar-refractivity contribution >= 4 is 17.5 Å². The topological polar surface area (TPSA) is 49.8 Å². The zero-order chi connectivity index (χ0) is 16.4. The Morgan fingerprint density at radius 2 is 2.17 bits per heavy atom. The molecule has 5 heteroatoms. The smallest absolute Gasteiger partial charge is 0.233 e. The molecular formula is C18H24ClNO3. The van der Waals surface area contributed by atoms with Gasteiger partial charge in [-0.25, -0.2) is 0 Å². The van der Waals surface area contributed by atoms with Crippen molar-refractivity contribution < 1.29 is 14.6 Å². The van der Waals surface area contributed by atoms with Crippen molar-refractivity contribution in [1.29, 1.82) is 0 Å². The number of halogens is 1. The summed E-state index contributed by atoms with van der Waals surface area (Å²) in [6.45, 7) is 2.88. The number of nitrogens with zero attached hydrogens (tertiary/aromatic N) is 1. The first-order chi connectivity index (χ1) is 11.1. The summed E-state index contributed by atoms with van der Waals surface area (Å²) >= 11 is 6.17. The summed E-state index contributed by atoms with van der Waals surface area (Å²) < 4.78 is 5.58. The molecule has 1 aromatic rings. The maximum Gasteiger partial charge on any atom is 0.233 e. The first-order valence-electron chi connectivity index (χ1n) is 8.36. The molecule has 4 nitrogen and oxygen atoms in total. The molecule has 23 heavy (non-hydrogen) atoms. The number of rotatable bonds is 3. The van der Waals surface area contributed by atoms with Gasteiger partial charge in [0.1, 0.15) is 0 Å². The van der Waals surface area contributed by atoms with Crippen LogP contribution in [0.1, 0.15) is 38.2 Å². The van der Waals surface area contributed by atoms with Gasteiger partial charge in [-0.05, 0) is 37.5 Å². The molecule has 1 saturated carbocycles. The van der Waals surface area contributed by atoms with Crippen molar-refractivity contribution in [3.63, 3.8) is 0 Å². The number of ether oxygens (including phenoxy) is 1. The highest BCUT2D eigenvalue weighted by Crippen LogP contribution is 2.43. The Kier molecular flexibility index (Phi) is 4.95. The normalized spacial score (nSPS) is 27.2. The molecule has 3 rings (SSSR count). The molecule has 1 aliphatic carbocycles. The van der Waals surface area contributed by atoms with E-state index in [1.807, 2.05) is 36.1 Å². The fourth-order valence-corrected chi connectivity index (χ4v) is 4.07. The Balaban J connectivity index is 1.93. The van der Waals surface area contributed by atoms with Gasteiger partial charge in [-0.15, -0.1) is 0 Å². The number of hydrogen-bond donors (Lipinski definition) is 1. The van der Waals surface area contributed by atoms with E-state index in [0.29, 0.717) is 18.2 Å². The second-order valence-electron chi connectivity index (χ2n) is 6.74. The Morgan fingerprint density at radius 3 is 2.83 bits per heavy atom. The van der Waals surface area contributed by atoms with Crippen LogP contribution in [0.5, 0.6) is 0 Å². The third kappa shape index (κ3) is 3.12. The molecule has 1 heterocycles. The largest absolute Gasteiger partial charge is 0.394 e. The summed E-state index contributed by atoms with van der Waals surface area (Å²) in [4.78, 5) is 15.4. The Labute approximate surface area is 142 Å². The predicted octanol–water partition coefficient (Wildman–Crippen LogP) is 2.76. The molecule has 1 N–H and O–H groups in total. The van der Waals surface area contributed by atoms with Gasteiger partial charge in [0.25, 0.3) is 0 Å². The first kappa shape index (κ1) is 16.7. The van der Waals surface area contributed by atoms with E-state index in [0.717, 1.165) is 31.2 Å². The van der Waals surface area contributed by atoms with Gasteiger partial charge in [0, 0.05) is 11.6 Å². The Morgan fingerprint density at radius 1 is 1.43 bits per heavy atom. The highest BCUT2D eigenvalue weighted by atomic mass is 35.5. The summed E-state index contributed by atoms with van der Waals surface area (Å²) in [7, 11) is 0. The molecule has 1 aliphatic heterocycles. The highest BCUT2D eigenvalue weighted by molar-refractivity contribution is 6.30. The molecule has 0 aromatic heterocycles. The van der Waals surface area contributed by atoms with Crippen LogP contribution in [-0.2, 0) is 14.9 Å². The van der Waals surface area contributed by atoms with Crippen molar-refractivity contribution in [3.05, 3.63) is 34.9 Å². The van der Waals surface area contributed by atoms with Crippen LogP contribution in [0.25, 0.3) is 0 Å². The number of aliphatic hydroxyl groups is 1. The van der Waals surface area contributed by atoms with Gasteiger partial charge in [-0.1, -0.05) is 36.6 Å². The zero-order valence-electron chi connectivity index (χ0n) is 13.5. The summed E-state index contributed by atoms with van der Waals surface area (Å²) in [5.74, 6) is 0.159. The molecule has 2 unspecified atom stereocenters. The van der Waals surface area contributed by atoms with Crippen molar-refractivity contribution in [2.45, 2.75) is 50.2 Å². The second-order valence-corrected chi connectivity index (χ2v) is 7.18. The van der Waals surface area contributed by atoms with Gasteiger partial charge in [0.15, 0.2) is 0 Å². The van der Waals surface area contributed by atoms with Crippen molar-refractivity contribution in [1.82, 2.24) is 4.90 Å². The minimum absolute atomic E-state index is 0.0296. The molecule has 2 fully saturated rings. The van der Waals surface area contributed by atoms with E-state index in [1.54, 1.807) is 0 Å². The summed E-state index contributed by atoms with van der Waals surface area (Å²) in [6, 6.07) is 7.74. The molecule has 0 radical (unpaired) electrons. The lowest BCUT2D eigenvalue weighted by Gasteiger charge is -2.42. The van der Waals surface area contributed by atoms with Crippen molar-refractivity contribution in [2.75, 3.05) is 19.8 Å². The third-order valence-electron chi connectivity index (χ3n) is 5.21. The average molecular weight is 338 g/mol. The minimum Gasteiger partial charge on any atom is -0.394 e. The van der Waals surface area contributed by atoms with E-state index in [1.165, 1.54) is 0 Å². The monoisotopic (exact) mass is 337 g/mol. The van der Waals surface area contributed by atoms with Gasteiger partial charge in [0.05, 0.1) is 30.8 Å². The Hall–Kier alpha value is -1.10. The molecule has 2 aliphatic rings. The minimum atomic E-state index is -0.476. The number of carbonyl (C=O) groups is 1. The van der Waals surface area contributed by atoms with E-state index in [4.69, 9.17) is 16.3 Å². The van der Waals surface area contributed by atoms with Crippen LogP contribution < -0.4 is 0 Å². The van der Waals surface area contributed by atoms with Crippen molar-refractivity contribution in [3.8, 4) is 0 Å². The Bertz CT molecular complexity index is 571. The fraction of sp³-hybridized carbons (Fsp3) is 0.611. The van der Waals surface area contributed by atoms with Gasteiger partial charge in [-0.3, -0.25) is 4.79 Å². The maximum atomic E-state index is 13.5. The van der Waals surface area contributed by atoms with Gasteiger partial charge in [0.2, 0.25) is 5.91 Å². The lowest BCUT2D eigenvalue weighted by atomic mass is 9.77. The molecule has 126 valence electrons. The van der Waals surface area contributed by atoms with Crippen LogP contribution >= 0.6 is 11.6 Å². The van der Waals surface area contributed by atoms with E-state index in [-0.39, 0.29) is 24.7 Å². The maximum absolute atomic E-state index is 13.5. The molecule has 2 atom stereocenters. The molecule has 1 aromatic carbocycles. The summed E-state index contributed by atoms with van der Waals surface area (Å²) in [5, 5.41) is 10.1. The number of benzene rings is 1. The fourth-order valence-electron chi connectivity index (χ4n) is 3.88. The third-order valence-corrected chi connectivity index (χ3v) is 5.45. The zero-order valence-corrected chi connectivity index (χ0v) is 14.3. The van der Waals surface area contributed by atoms with Crippen LogP contribution in [0.15, 0.2) is 24.3 Å². The number of hydrogen-bond acceptors (Lipinski definition) is 3. The SMILES string of the molecule is CC1COC(CO)CN1C(=O)C1(c2cccc(Cl)c2)CCCC1. The molecular weight excluding hydrogens is 314 g/mol. The predicted molar refractivity (Wildman–Crippen MR) is 89.6 cm³/mol. The van der Waals surface area contributed by atoms with Crippen LogP contribution in [-0.4, -0.2) is 47.8 Å². The molecule has 0 bridgehead atoms. The first-order valence-corrected chi connectivity index (χ1v) is 8.74. The van der Waals surface area contributed by atoms with E-state index in [2.05, 4.69) is 0 Å². The summed E-state index contributed by atoms with van der Waals surface area (Å²) in [5.41, 5.74) is 0.544. The number of amides is 1. The molecule has 1 saturated heterocycles. The van der Waals surface area contributed by atoms with E-state index in [9.17, 15) is 9.90 Å². The highest BCUT2D eigenvalue weighted by Gasteiger charge is 2.47. The number of morpholine rings is 1. The standard InChI is InChI=1S/C18H24ClNO3/c1-13-12-23-16(11-21)10-20(13)17(22)18(7-2-3-8-18)14-5-4-6-15(19)9-14/h4-6,9,13,16,21H,2-3,7-8,10-12H2,1H3.